The lowest BCUT2D eigenvalue weighted by molar-refractivity contribution is 0.741. The van der Waals surface area contributed by atoms with E-state index >= 15 is 0 Å². The van der Waals surface area contributed by atoms with Crippen LogP contribution in [0.2, 0.25) is 0 Å². The number of nitrogens with zero attached hydrogens (tertiary/aromatic N) is 3. The monoisotopic (exact) mass is 285 g/mol. The number of para-hydroxylation sites is 1. The van der Waals surface area contributed by atoms with Crippen LogP contribution < -0.4 is 10.6 Å². The van der Waals surface area contributed by atoms with Crippen molar-refractivity contribution in [1.29, 1.82) is 0 Å². The third-order valence-corrected chi connectivity index (χ3v) is 3.29. The van der Waals surface area contributed by atoms with Crippen molar-refractivity contribution in [2.75, 3.05) is 17.2 Å². The van der Waals surface area contributed by atoms with Crippen molar-refractivity contribution in [2.24, 2.45) is 0 Å². The molecule has 0 aliphatic carbocycles. The highest BCUT2D eigenvalue weighted by Gasteiger charge is 2.04. The van der Waals surface area contributed by atoms with Gasteiger partial charge in [-0.2, -0.15) is 10.1 Å². The van der Waals surface area contributed by atoms with Gasteiger partial charge in [-0.25, -0.2) is 0 Å². The molecule has 0 radical (unpaired) electrons. The van der Waals surface area contributed by atoms with Gasteiger partial charge in [-0.15, -0.1) is 5.10 Å². The fourth-order valence-corrected chi connectivity index (χ4v) is 2.10. The summed E-state index contributed by atoms with van der Waals surface area (Å²) < 4.78 is 0. The van der Waals surface area contributed by atoms with Crippen molar-refractivity contribution >= 4 is 17.5 Å². The van der Waals surface area contributed by atoms with Crippen LogP contribution in [0, 0.1) is 0 Å². The first-order valence-corrected chi connectivity index (χ1v) is 7.62. The highest BCUT2D eigenvalue weighted by atomic mass is 15.3. The SMILES string of the molecule is CCCCCNc1cnnc(Nc2ccccc2CC)n1. The molecule has 0 aliphatic rings. The molecular formula is C16H23N5. The average molecular weight is 285 g/mol. The van der Waals surface area contributed by atoms with Crippen LogP contribution in [-0.4, -0.2) is 21.7 Å². The van der Waals surface area contributed by atoms with Crippen molar-refractivity contribution in [3.8, 4) is 0 Å². The number of hydrogen-bond donors (Lipinski definition) is 2. The average Bonchev–Trinajstić information content (AvgIpc) is 2.52. The molecule has 0 amide bonds. The number of aromatic nitrogens is 3. The molecule has 0 saturated carbocycles. The summed E-state index contributed by atoms with van der Waals surface area (Å²) in [5.74, 6) is 1.29. The smallest absolute Gasteiger partial charge is 0.249 e. The van der Waals surface area contributed by atoms with E-state index in [1.165, 1.54) is 18.4 Å². The topological polar surface area (TPSA) is 62.7 Å². The van der Waals surface area contributed by atoms with Gasteiger partial charge in [-0.05, 0) is 24.5 Å². The molecule has 112 valence electrons. The van der Waals surface area contributed by atoms with E-state index in [9.17, 15) is 0 Å². The first kappa shape index (κ1) is 15.2. The molecule has 5 heteroatoms. The van der Waals surface area contributed by atoms with Crippen molar-refractivity contribution in [1.82, 2.24) is 15.2 Å². The molecule has 0 atom stereocenters. The first-order chi connectivity index (χ1) is 10.3. The van der Waals surface area contributed by atoms with Crippen LogP contribution in [-0.2, 0) is 6.42 Å². The fraction of sp³-hybridized carbons (Fsp3) is 0.438. The molecule has 0 bridgehead atoms. The number of hydrogen-bond acceptors (Lipinski definition) is 5. The Morgan fingerprint density at radius 1 is 1.10 bits per heavy atom. The van der Waals surface area contributed by atoms with Crippen LogP contribution in [0.3, 0.4) is 0 Å². The highest BCUT2D eigenvalue weighted by molar-refractivity contribution is 5.58. The predicted molar refractivity (Wildman–Crippen MR) is 86.9 cm³/mol. The summed E-state index contributed by atoms with van der Waals surface area (Å²) in [4.78, 5) is 4.45. The minimum Gasteiger partial charge on any atom is -0.369 e. The van der Waals surface area contributed by atoms with Gasteiger partial charge in [-0.3, -0.25) is 0 Å². The molecule has 1 aromatic carbocycles. The minimum absolute atomic E-state index is 0.524. The van der Waals surface area contributed by atoms with Gasteiger partial charge in [0.15, 0.2) is 5.82 Å². The Bertz CT molecular complexity index is 556. The maximum atomic E-state index is 4.45. The Morgan fingerprint density at radius 3 is 2.76 bits per heavy atom. The van der Waals surface area contributed by atoms with E-state index in [0.717, 1.165) is 30.9 Å². The van der Waals surface area contributed by atoms with Crippen LogP contribution in [0.15, 0.2) is 30.5 Å². The van der Waals surface area contributed by atoms with Crippen LogP contribution in [0.4, 0.5) is 17.5 Å². The van der Waals surface area contributed by atoms with Gasteiger partial charge in [-0.1, -0.05) is 44.9 Å². The zero-order valence-corrected chi connectivity index (χ0v) is 12.8. The third kappa shape index (κ3) is 4.70. The van der Waals surface area contributed by atoms with E-state index in [1.54, 1.807) is 6.20 Å². The van der Waals surface area contributed by atoms with E-state index in [4.69, 9.17) is 0 Å². The van der Waals surface area contributed by atoms with E-state index in [0.29, 0.717) is 5.95 Å². The Labute approximate surface area is 126 Å². The normalized spacial score (nSPS) is 10.4. The van der Waals surface area contributed by atoms with E-state index in [1.807, 2.05) is 18.2 Å². The zero-order chi connectivity index (χ0) is 14.9. The van der Waals surface area contributed by atoms with E-state index in [-0.39, 0.29) is 0 Å². The van der Waals surface area contributed by atoms with Crippen molar-refractivity contribution in [3.05, 3.63) is 36.0 Å². The number of aryl methyl sites for hydroxylation is 1. The van der Waals surface area contributed by atoms with Crippen molar-refractivity contribution < 1.29 is 0 Å². The van der Waals surface area contributed by atoms with Gasteiger partial charge in [0.1, 0.15) is 0 Å². The largest absolute Gasteiger partial charge is 0.369 e. The predicted octanol–water partition coefficient (Wildman–Crippen LogP) is 3.78. The molecule has 1 aromatic heterocycles. The van der Waals surface area contributed by atoms with Crippen molar-refractivity contribution in [3.63, 3.8) is 0 Å². The molecule has 0 unspecified atom stereocenters. The summed E-state index contributed by atoms with van der Waals surface area (Å²) in [6, 6.07) is 8.17. The van der Waals surface area contributed by atoms with Gasteiger partial charge < -0.3 is 10.6 Å². The molecule has 2 N–H and O–H groups in total. The first-order valence-electron chi connectivity index (χ1n) is 7.62. The Hall–Kier alpha value is -2.17. The number of nitrogens with one attached hydrogen (secondary N) is 2. The van der Waals surface area contributed by atoms with Gasteiger partial charge in [0, 0.05) is 12.2 Å². The number of anilines is 3. The molecule has 5 nitrogen and oxygen atoms in total. The van der Waals surface area contributed by atoms with Gasteiger partial charge in [0.25, 0.3) is 0 Å². The lowest BCUT2D eigenvalue weighted by atomic mass is 10.1. The number of unbranched alkanes of at least 4 members (excludes halogenated alkanes) is 2. The molecule has 0 spiro atoms. The van der Waals surface area contributed by atoms with E-state index < -0.39 is 0 Å². The second-order valence-corrected chi connectivity index (χ2v) is 4.93. The molecule has 1 heterocycles. The van der Waals surface area contributed by atoms with Gasteiger partial charge in [0.05, 0.1) is 6.20 Å². The maximum Gasteiger partial charge on any atom is 0.249 e. The molecule has 2 aromatic rings. The quantitative estimate of drug-likeness (QED) is 0.723. The summed E-state index contributed by atoms with van der Waals surface area (Å²) in [5.41, 5.74) is 2.27. The standard InChI is InChI=1S/C16H23N5/c1-3-5-8-11-17-15-12-18-21-16(20-15)19-14-10-7-6-9-13(14)4-2/h6-7,9-10,12H,3-5,8,11H2,1-2H3,(H2,17,19,20,21). The number of benzene rings is 1. The minimum atomic E-state index is 0.524. The molecule has 0 saturated heterocycles. The lowest BCUT2D eigenvalue weighted by Gasteiger charge is -2.10. The molecule has 0 fully saturated rings. The summed E-state index contributed by atoms with van der Waals surface area (Å²) in [5, 5.41) is 14.6. The summed E-state index contributed by atoms with van der Waals surface area (Å²) in [6.07, 6.45) is 6.20. The van der Waals surface area contributed by atoms with Crippen LogP contribution >= 0.6 is 0 Å². The summed E-state index contributed by atoms with van der Waals surface area (Å²) in [6.45, 7) is 5.24. The van der Waals surface area contributed by atoms with Gasteiger partial charge in [0.2, 0.25) is 5.95 Å². The lowest BCUT2D eigenvalue weighted by Crippen LogP contribution is -2.07. The summed E-state index contributed by atoms with van der Waals surface area (Å²) in [7, 11) is 0. The molecule has 2 rings (SSSR count). The molecule has 21 heavy (non-hydrogen) atoms. The maximum absolute atomic E-state index is 4.45. The van der Waals surface area contributed by atoms with E-state index in [2.05, 4.69) is 45.7 Å². The van der Waals surface area contributed by atoms with Gasteiger partial charge >= 0.3 is 0 Å². The van der Waals surface area contributed by atoms with Crippen molar-refractivity contribution in [2.45, 2.75) is 39.5 Å². The highest BCUT2D eigenvalue weighted by Crippen LogP contribution is 2.19. The Balaban J connectivity index is 2.00. The van der Waals surface area contributed by atoms with Crippen LogP contribution in [0.1, 0.15) is 38.7 Å². The molecule has 0 aliphatic heterocycles. The zero-order valence-electron chi connectivity index (χ0n) is 12.8. The summed E-state index contributed by atoms with van der Waals surface area (Å²) >= 11 is 0. The Kier molecular flexibility index (Phi) is 5.94. The van der Waals surface area contributed by atoms with Crippen LogP contribution in [0.25, 0.3) is 0 Å². The molecular weight excluding hydrogens is 262 g/mol. The Morgan fingerprint density at radius 2 is 1.95 bits per heavy atom. The van der Waals surface area contributed by atoms with Crippen LogP contribution in [0.5, 0.6) is 0 Å². The second kappa shape index (κ2) is 8.19. The third-order valence-electron chi connectivity index (χ3n) is 3.29. The number of rotatable bonds is 8. The second-order valence-electron chi connectivity index (χ2n) is 4.93. The fourth-order valence-electron chi connectivity index (χ4n) is 2.10.